The maximum Gasteiger partial charge on any atom is 0.250 e. The number of carbonyl (C=O) groups is 1. The standard InChI is InChI=1S/C22H24N2O3/c1-14-7-5-6-8-16(14)13-24-15(2)19(22(23)25)12-20(24)18-10-9-17(26-3)11-21(18)27-4/h5-12H,13H2,1-4H3,(H2,23,25). The summed E-state index contributed by atoms with van der Waals surface area (Å²) in [6, 6.07) is 15.7. The highest BCUT2D eigenvalue weighted by atomic mass is 16.5. The van der Waals surface area contributed by atoms with E-state index in [1.807, 2.05) is 43.3 Å². The average Bonchev–Trinajstić information content (AvgIpc) is 2.99. The van der Waals surface area contributed by atoms with Gasteiger partial charge in [-0.25, -0.2) is 0 Å². The molecule has 1 amide bonds. The third-order valence-corrected chi connectivity index (χ3v) is 4.91. The summed E-state index contributed by atoms with van der Waals surface area (Å²) in [6.45, 7) is 4.63. The molecule has 0 fully saturated rings. The van der Waals surface area contributed by atoms with Gasteiger partial charge in [-0.05, 0) is 43.2 Å². The highest BCUT2D eigenvalue weighted by molar-refractivity contribution is 5.96. The number of benzene rings is 2. The van der Waals surface area contributed by atoms with Gasteiger partial charge in [0.2, 0.25) is 0 Å². The van der Waals surface area contributed by atoms with E-state index >= 15 is 0 Å². The monoisotopic (exact) mass is 364 g/mol. The van der Waals surface area contributed by atoms with Crippen LogP contribution >= 0.6 is 0 Å². The van der Waals surface area contributed by atoms with Crippen molar-refractivity contribution in [2.45, 2.75) is 20.4 Å². The minimum Gasteiger partial charge on any atom is -0.497 e. The number of hydrogen-bond donors (Lipinski definition) is 1. The summed E-state index contributed by atoms with van der Waals surface area (Å²) in [4.78, 5) is 12.0. The first-order chi connectivity index (χ1) is 13.0. The van der Waals surface area contributed by atoms with Gasteiger partial charge in [0, 0.05) is 23.9 Å². The lowest BCUT2D eigenvalue weighted by Gasteiger charge is -2.16. The molecule has 3 rings (SSSR count). The van der Waals surface area contributed by atoms with Crippen LogP contribution in [0.2, 0.25) is 0 Å². The molecule has 2 N–H and O–H groups in total. The van der Waals surface area contributed by atoms with Crippen molar-refractivity contribution in [1.29, 1.82) is 0 Å². The van der Waals surface area contributed by atoms with Crippen LogP contribution in [0.3, 0.4) is 0 Å². The Bertz CT molecular complexity index is 989. The largest absolute Gasteiger partial charge is 0.497 e. The van der Waals surface area contributed by atoms with E-state index in [-0.39, 0.29) is 0 Å². The minimum absolute atomic E-state index is 0.440. The number of methoxy groups -OCH3 is 2. The summed E-state index contributed by atoms with van der Waals surface area (Å²) < 4.78 is 13.0. The highest BCUT2D eigenvalue weighted by Crippen LogP contribution is 2.36. The van der Waals surface area contributed by atoms with E-state index in [9.17, 15) is 4.79 Å². The Balaban J connectivity index is 2.19. The molecular formula is C22H24N2O3. The molecule has 2 aromatic carbocycles. The molecule has 3 aromatic rings. The van der Waals surface area contributed by atoms with Gasteiger partial charge in [-0.1, -0.05) is 24.3 Å². The zero-order valence-corrected chi connectivity index (χ0v) is 16.1. The van der Waals surface area contributed by atoms with Crippen molar-refractivity contribution < 1.29 is 14.3 Å². The molecule has 0 aliphatic carbocycles. The first-order valence-corrected chi connectivity index (χ1v) is 8.73. The van der Waals surface area contributed by atoms with Gasteiger partial charge in [-0.3, -0.25) is 4.79 Å². The Hall–Kier alpha value is -3.21. The zero-order chi connectivity index (χ0) is 19.6. The molecule has 1 heterocycles. The average molecular weight is 364 g/mol. The fourth-order valence-electron chi connectivity index (χ4n) is 3.29. The first-order valence-electron chi connectivity index (χ1n) is 8.73. The number of hydrogen-bond acceptors (Lipinski definition) is 3. The summed E-state index contributed by atoms with van der Waals surface area (Å²) >= 11 is 0. The highest BCUT2D eigenvalue weighted by Gasteiger charge is 2.20. The summed E-state index contributed by atoms with van der Waals surface area (Å²) in [6.07, 6.45) is 0. The number of aromatic nitrogens is 1. The van der Waals surface area contributed by atoms with Crippen LogP contribution in [0.5, 0.6) is 11.5 Å². The number of ether oxygens (including phenoxy) is 2. The van der Waals surface area contributed by atoms with Gasteiger partial charge >= 0.3 is 0 Å². The Morgan fingerprint density at radius 2 is 1.78 bits per heavy atom. The molecule has 0 saturated heterocycles. The normalized spacial score (nSPS) is 10.7. The number of rotatable bonds is 6. The predicted molar refractivity (Wildman–Crippen MR) is 107 cm³/mol. The number of nitrogens with zero attached hydrogens (tertiary/aromatic N) is 1. The van der Waals surface area contributed by atoms with E-state index in [0.717, 1.165) is 17.0 Å². The van der Waals surface area contributed by atoms with Gasteiger partial charge in [0.05, 0.1) is 25.5 Å². The number of carbonyl (C=O) groups excluding carboxylic acids is 1. The van der Waals surface area contributed by atoms with E-state index < -0.39 is 5.91 Å². The van der Waals surface area contributed by atoms with Crippen LogP contribution in [-0.2, 0) is 6.54 Å². The second kappa shape index (κ2) is 7.58. The molecule has 0 radical (unpaired) electrons. The van der Waals surface area contributed by atoms with Gasteiger partial charge in [0.25, 0.3) is 5.91 Å². The molecule has 0 spiro atoms. The number of primary amides is 1. The maximum atomic E-state index is 12.0. The van der Waals surface area contributed by atoms with Crippen molar-refractivity contribution in [3.8, 4) is 22.8 Å². The lowest BCUT2D eigenvalue weighted by atomic mass is 10.1. The predicted octanol–water partition coefficient (Wildman–Crippen LogP) is 3.94. The molecule has 5 nitrogen and oxygen atoms in total. The van der Waals surface area contributed by atoms with Crippen molar-refractivity contribution in [2.75, 3.05) is 14.2 Å². The van der Waals surface area contributed by atoms with Gasteiger partial charge < -0.3 is 19.8 Å². The number of aryl methyl sites for hydroxylation is 1. The molecule has 27 heavy (non-hydrogen) atoms. The molecule has 1 aromatic heterocycles. The maximum absolute atomic E-state index is 12.0. The Kier molecular flexibility index (Phi) is 5.21. The summed E-state index contributed by atoms with van der Waals surface area (Å²) in [5.41, 5.74) is 11.1. The van der Waals surface area contributed by atoms with Crippen LogP contribution in [0, 0.1) is 13.8 Å². The van der Waals surface area contributed by atoms with E-state index in [4.69, 9.17) is 15.2 Å². The summed E-state index contributed by atoms with van der Waals surface area (Å²) in [5.74, 6) is 0.943. The molecule has 0 atom stereocenters. The van der Waals surface area contributed by atoms with E-state index in [1.165, 1.54) is 11.1 Å². The van der Waals surface area contributed by atoms with Gasteiger partial charge in [-0.2, -0.15) is 0 Å². The van der Waals surface area contributed by atoms with Crippen molar-refractivity contribution >= 4 is 5.91 Å². The quantitative estimate of drug-likeness (QED) is 0.720. The topological polar surface area (TPSA) is 66.5 Å². The Morgan fingerprint density at radius 3 is 2.41 bits per heavy atom. The molecule has 0 saturated carbocycles. The van der Waals surface area contributed by atoms with E-state index in [0.29, 0.717) is 23.6 Å². The number of nitrogens with two attached hydrogens (primary N) is 1. The molecule has 0 aliphatic heterocycles. The van der Waals surface area contributed by atoms with Crippen LogP contribution in [0.15, 0.2) is 48.5 Å². The molecule has 0 aliphatic rings. The molecule has 0 bridgehead atoms. The lowest BCUT2D eigenvalue weighted by Crippen LogP contribution is -2.13. The fourth-order valence-corrected chi connectivity index (χ4v) is 3.29. The number of amides is 1. The first kappa shape index (κ1) is 18.6. The Morgan fingerprint density at radius 1 is 1.04 bits per heavy atom. The van der Waals surface area contributed by atoms with Gasteiger partial charge in [0.15, 0.2) is 0 Å². The molecule has 140 valence electrons. The van der Waals surface area contributed by atoms with Crippen molar-refractivity contribution in [3.05, 3.63) is 70.9 Å². The second-order valence-corrected chi connectivity index (χ2v) is 6.47. The van der Waals surface area contributed by atoms with Crippen molar-refractivity contribution in [1.82, 2.24) is 4.57 Å². The van der Waals surface area contributed by atoms with Crippen LogP contribution in [0.4, 0.5) is 0 Å². The van der Waals surface area contributed by atoms with Crippen molar-refractivity contribution in [2.24, 2.45) is 5.73 Å². The van der Waals surface area contributed by atoms with Crippen LogP contribution in [-0.4, -0.2) is 24.7 Å². The van der Waals surface area contributed by atoms with Crippen LogP contribution < -0.4 is 15.2 Å². The summed E-state index contributed by atoms with van der Waals surface area (Å²) in [5, 5.41) is 0. The zero-order valence-electron chi connectivity index (χ0n) is 16.1. The fraction of sp³-hybridized carbons (Fsp3) is 0.227. The SMILES string of the molecule is COc1ccc(-c2cc(C(N)=O)c(C)n2Cc2ccccc2C)c(OC)c1. The molecular weight excluding hydrogens is 340 g/mol. The van der Waals surface area contributed by atoms with Crippen molar-refractivity contribution in [3.63, 3.8) is 0 Å². The summed E-state index contributed by atoms with van der Waals surface area (Å²) in [7, 11) is 3.24. The smallest absolute Gasteiger partial charge is 0.250 e. The Labute approximate surface area is 159 Å². The van der Waals surface area contributed by atoms with E-state index in [2.05, 4.69) is 23.6 Å². The second-order valence-electron chi connectivity index (χ2n) is 6.47. The van der Waals surface area contributed by atoms with E-state index in [1.54, 1.807) is 14.2 Å². The third-order valence-electron chi connectivity index (χ3n) is 4.91. The third kappa shape index (κ3) is 3.53. The van der Waals surface area contributed by atoms with Gasteiger partial charge in [-0.15, -0.1) is 0 Å². The lowest BCUT2D eigenvalue weighted by molar-refractivity contribution is 0.0999. The van der Waals surface area contributed by atoms with Crippen LogP contribution in [0.25, 0.3) is 11.3 Å². The van der Waals surface area contributed by atoms with Crippen LogP contribution in [0.1, 0.15) is 27.2 Å². The minimum atomic E-state index is -0.440. The van der Waals surface area contributed by atoms with Gasteiger partial charge in [0.1, 0.15) is 11.5 Å². The molecule has 5 heteroatoms. The molecule has 0 unspecified atom stereocenters.